The Morgan fingerprint density at radius 1 is 0.900 bits per heavy atom. The van der Waals surface area contributed by atoms with Crippen LogP contribution < -0.4 is 4.72 Å². The number of sulfonamides is 1. The molecular formula is C22H18F2N2O3S. The Kier molecular flexibility index (Phi) is 5.26. The monoisotopic (exact) mass is 428 g/mol. The molecule has 0 atom stereocenters. The first-order valence-corrected chi connectivity index (χ1v) is 10.8. The Bertz CT molecular complexity index is 1230. The van der Waals surface area contributed by atoms with Crippen molar-refractivity contribution in [2.24, 2.45) is 0 Å². The normalized spacial score (nSPS) is 13.6. The van der Waals surface area contributed by atoms with Gasteiger partial charge in [0.1, 0.15) is 0 Å². The maximum Gasteiger partial charge on any atom is 0.261 e. The summed E-state index contributed by atoms with van der Waals surface area (Å²) in [6.45, 7) is 1.06. The zero-order valence-electron chi connectivity index (χ0n) is 15.8. The maximum atomic E-state index is 13.4. The van der Waals surface area contributed by atoms with E-state index in [-0.39, 0.29) is 11.6 Å². The van der Waals surface area contributed by atoms with Crippen molar-refractivity contribution in [2.45, 2.75) is 17.9 Å². The molecule has 1 amide bonds. The number of halogens is 2. The SMILES string of the molecule is O=C(c1cccc(NS(=O)(=O)c2ccc(F)c(F)c2)c1)N1CCc2ccccc2C1. The lowest BCUT2D eigenvalue weighted by Gasteiger charge is -2.29. The van der Waals surface area contributed by atoms with E-state index in [1.807, 2.05) is 24.3 Å². The van der Waals surface area contributed by atoms with Crippen molar-refractivity contribution in [1.29, 1.82) is 0 Å². The molecule has 1 N–H and O–H groups in total. The third-order valence-electron chi connectivity index (χ3n) is 4.98. The van der Waals surface area contributed by atoms with Crippen molar-refractivity contribution >= 4 is 21.6 Å². The summed E-state index contributed by atoms with van der Waals surface area (Å²) in [5.41, 5.74) is 2.80. The van der Waals surface area contributed by atoms with Crippen LogP contribution in [0.5, 0.6) is 0 Å². The van der Waals surface area contributed by atoms with Gasteiger partial charge in [0.15, 0.2) is 11.6 Å². The number of fused-ring (bicyclic) bond motifs is 1. The third kappa shape index (κ3) is 4.04. The lowest BCUT2D eigenvalue weighted by Crippen LogP contribution is -2.35. The van der Waals surface area contributed by atoms with Gasteiger partial charge in [0, 0.05) is 24.3 Å². The Labute approximate surface area is 173 Å². The van der Waals surface area contributed by atoms with Crippen molar-refractivity contribution in [3.05, 3.63) is 95.1 Å². The van der Waals surface area contributed by atoms with Crippen LogP contribution in [0, 0.1) is 11.6 Å². The average Bonchev–Trinajstić information content (AvgIpc) is 2.74. The van der Waals surface area contributed by atoms with Crippen molar-refractivity contribution in [2.75, 3.05) is 11.3 Å². The second kappa shape index (κ2) is 7.87. The molecule has 1 heterocycles. The van der Waals surface area contributed by atoms with Crippen molar-refractivity contribution < 1.29 is 22.0 Å². The van der Waals surface area contributed by atoms with Crippen LogP contribution in [0.2, 0.25) is 0 Å². The molecular weight excluding hydrogens is 410 g/mol. The molecule has 0 radical (unpaired) electrons. The fraction of sp³-hybridized carbons (Fsp3) is 0.136. The number of anilines is 1. The van der Waals surface area contributed by atoms with Gasteiger partial charge in [0.05, 0.1) is 4.90 Å². The zero-order valence-corrected chi connectivity index (χ0v) is 16.6. The van der Waals surface area contributed by atoms with E-state index in [4.69, 9.17) is 0 Å². The van der Waals surface area contributed by atoms with Crippen molar-refractivity contribution in [3.8, 4) is 0 Å². The molecule has 154 valence electrons. The zero-order chi connectivity index (χ0) is 21.3. The van der Waals surface area contributed by atoms with Gasteiger partial charge in [-0.25, -0.2) is 17.2 Å². The summed E-state index contributed by atoms with van der Waals surface area (Å²) in [7, 11) is -4.14. The Morgan fingerprint density at radius 2 is 1.67 bits per heavy atom. The molecule has 30 heavy (non-hydrogen) atoms. The van der Waals surface area contributed by atoms with E-state index in [0.29, 0.717) is 24.7 Å². The van der Waals surface area contributed by atoms with E-state index in [1.54, 1.807) is 17.0 Å². The van der Waals surface area contributed by atoms with Gasteiger partial charge in [0.25, 0.3) is 15.9 Å². The number of carbonyl (C=O) groups is 1. The Balaban J connectivity index is 1.54. The average molecular weight is 428 g/mol. The van der Waals surface area contributed by atoms with Gasteiger partial charge in [-0.3, -0.25) is 9.52 Å². The lowest BCUT2D eigenvalue weighted by molar-refractivity contribution is 0.0734. The minimum atomic E-state index is -4.14. The van der Waals surface area contributed by atoms with Gasteiger partial charge in [-0.1, -0.05) is 30.3 Å². The number of nitrogens with zero attached hydrogens (tertiary/aromatic N) is 1. The summed E-state index contributed by atoms with van der Waals surface area (Å²) in [6, 6.07) is 16.4. The van der Waals surface area contributed by atoms with E-state index in [0.717, 1.165) is 24.1 Å². The molecule has 3 aromatic carbocycles. The molecule has 0 saturated heterocycles. The fourth-order valence-electron chi connectivity index (χ4n) is 3.43. The predicted molar refractivity (Wildman–Crippen MR) is 108 cm³/mol. The first kappa shape index (κ1) is 20.0. The second-order valence-corrected chi connectivity index (χ2v) is 8.69. The van der Waals surface area contributed by atoms with Gasteiger partial charge < -0.3 is 4.90 Å². The molecule has 5 nitrogen and oxygen atoms in total. The molecule has 0 aliphatic carbocycles. The minimum Gasteiger partial charge on any atom is -0.334 e. The van der Waals surface area contributed by atoms with E-state index < -0.39 is 26.6 Å². The first-order chi connectivity index (χ1) is 14.3. The third-order valence-corrected chi connectivity index (χ3v) is 6.36. The molecule has 1 aliphatic heterocycles. The number of nitrogens with one attached hydrogen (secondary N) is 1. The molecule has 8 heteroatoms. The molecule has 0 bridgehead atoms. The van der Waals surface area contributed by atoms with Gasteiger partial charge in [0.2, 0.25) is 0 Å². The summed E-state index contributed by atoms with van der Waals surface area (Å²) < 4.78 is 53.8. The number of benzene rings is 3. The molecule has 1 aliphatic rings. The minimum absolute atomic E-state index is 0.156. The highest BCUT2D eigenvalue weighted by Gasteiger charge is 2.22. The van der Waals surface area contributed by atoms with Crippen LogP contribution in [0.15, 0.2) is 71.6 Å². The lowest BCUT2D eigenvalue weighted by atomic mass is 9.99. The highest BCUT2D eigenvalue weighted by Crippen LogP contribution is 2.23. The van der Waals surface area contributed by atoms with Crippen LogP contribution in [0.25, 0.3) is 0 Å². The van der Waals surface area contributed by atoms with E-state index in [1.165, 1.54) is 17.7 Å². The van der Waals surface area contributed by atoms with Crippen LogP contribution in [0.4, 0.5) is 14.5 Å². The predicted octanol–water partition coefficient (Wildman–Crippen LogP) is 3.96. The maximum absolute atomic E-state index is 13.4. The van der Waals surface area contributed by atoms with Gasteiger partial charge in [-0.05, 0) is 53.9 Å². The highest BCUT2D eigenvalue weighted by molar-refractivity contribution is 7.92. The van der Waals surface area contributed by atoms with Crippen LogP contribution in [0.1, 0.15) is 21.5 Å². The molecule has 0 spiro atoms. The van der Waals surface area contributed by atoms with Crippen LogP contribution >= 0.6 is 0 Å². The van der Waals surface area contributed by atoms with Crippen molar-refractivity contribution in [1.82, 2.24) is 4.90 Å². The smallest absolute Gasteiger partial charge is 0.261 e. The Hall–Kier alpha value is -3.26. The summed E-state index contributed by atoms with van der Waals surface area (Å²) in [5.74, 6) is -2.60. The van der Waals surface area contributed by atoms with E-state index in [9.17, 15) is 22.0 Å². The number of amides is 1. The largest absolute Gasteiger partial charge is 0.334 e. The van der Waals surface area contributed by atoms with Gasteiger partial charge in [-0.2, -0.15) is 0 Å². The van der Waals surface area contributed by atoms with Crippen LogP contribution in [-0.4, -0.2) is 25.8 Å². The summed E-state index contributed by atoms with van der Waals surface area (Å²) >= 11 is 0. The number of hydrogen-bond donors (Lipinski definition) is 1. The number of hydrogen-bond acceptors (Lipinski definition) is 3. The second-order valence-electron chi connectivity index (χ2n) is 7.01. The summed E-state index contributed by atoms with van der Waals surface area (Å²) in [6.07, 6.45) is 0.754. The quantitative estimate of drug-likeness (QED) is 0.684. The molecule has 4 rings (SSSR count). The molecule has 0 saturated carbocycles. The molecule has 0 fully saturated rings. The van der Waals surface area contributed by atoms with Gasteiger partial charge >= 0.3 is 0 Å². The summed E-state index contributed by atoms with van der Waals surface area (Å²) in [5, 5.41) is 0. The standard InChI is InChI=1S/C22H18F2N2O3S/c23-20-9-8-19(13-21(20)24)30(28,29)25-18-7-3-6-16(12-18)22(27)26-11-10-15-4-1-2-5-17(15)14-26/h1-9,12-13,25H,10-11,14H2. The molecule has 3 aromatic rings. The van der Waals surface area contributed by atoms with Crippen LogP contribution in [-0.2, 0) is 23.0 Å². The highest BCUT2D eigenvalue weighted by atomic mass is 32.2. The fourth-order valence-corrected chi connectivity index (χ4v) is 4.49. The van der Waals surface area contributed by atoms with Crippen LogP contribution in [0.3, 0.4) is 0 Å². The number of carbonyl (C=O) groups excluding carboxylic acids is 1. The van der Waals surface area contributed by atoms with E-state index >= 15 is 0 Å². The summed E-state index contributed by atoms with van der Waals surface area (Å²) in [4.78, 5) is 14.2. The first-order valence-electron chi connectivity index (χ1n) is 9.27. The molecule has 0 aromatic heterocycles. The van der Waals surface area contributed by atoms with Gasteiger partial charge in [-0.15, -0.1) is 0 Å². The van der Waals surface area contributed by atoms with E-state index in [2.05, 4.69) is 4.72 Å². The Morgan fingerprint density at radius 3 is 2.43 bits per heavy atom. The number of rotatable bonds is 4. The molecule has 0 unspecified atom stereocenters. The topological polar surface area (TPSA) is 66.5 Å². The van der Waals surface area contributed by atoms with Crippen molar-refractivity contribution in [3.63, 3.8) is 0 Å².